The van der Waals surface area contributed by atoms with Crippen molar-refractivity contribution in [3.63, 3.8) is 0 Å². The zero-order valence-electron chi connectivity index (χ0n) is 23.8. The monoisotopic (exact) mass is 549 g/mol. The molecule has 212 valence electrons. The lowest BCUT2D eigenvalue weighted by molar-refractivity contribution is 0.0781. The second-order valence-electron chi connectivity index (χ2n) is 11.7. The number of H-pyrrole nitrogens is 1. The van der Waals surface area contributed by atoms with Crippen LogP contribution in [0.5, 0.6) is 0 Å². The highest BCUT2D eigenvalue weighted by Crippen LogP contribution is 2.35. The van der Waals surface area contributed by atoms with Crippen molar-refractivity contribution in [1.82, 2.24) is 39.5 Å². The molecule has 2 fully saturated rings. The number of piperidine rings is 2. The molecule has 0 unspecified atom stereocenters. The van der Waals surface area contributed by atoms with Gasteiger partial charge in [0, 0.05) is 31.1 Å². The Labute approximate surface area is 240 Å². The van der Waals surface area contributed by atoms with Gasteiger partial charge in [0.05, 0.1) is 22.5 Å². The normalized spacial score (nSPS) is 18.1. The summed E-state index contributed by atoms with van der Waals surface area (Å²) in [6, 6.07) is 17.7. The first kappa shape index (κ1) is 26.1. The van der Waals surface area contributed by atoms with Crippen molar-refractivity contribution in [2.24, 2.45) is 0 Å². The van der Waals surface area contributed by atoms with Crippen molar-refractivity contribution in [2.45, 2.75) is 57.5 Å². The zero-order valence-corrected chi connectivity index (χ0v) is 23.8. The molecule has 2 saturated heterocycles. The molecule has 0 bridgehead atoms. The Morgan fingerprint density at radius 1 is 0.927 bits per heavy atom. The van der Waals surface area contributed by atoms with Crippen LogP contribution in [-0.2, 0) is 6.42 Å². The van der Waals surface area contributed by atoms with Gasteiger partial charge in [0.1, 0.15) is 23.7 Å². The van der Waals surface area contributed by atoms with E-state index in [1.807, 2.05) is 6.07 Å². The molecule has 7 rings (SSSR count). The van der Waals surface area contributed by atoms with E-state index in [2.05, 4.69) is 78.8 Å². The maximum Gasteiger partial charge on any atom is 0.164 e. The van der Waals surface area contributed by atoms with Gasteiger partial charge in [0.15, 0.2) is 5.65 Å². The van der Waals surface area contributed by atoms with Crippen molar-refractivity contribution >= 4 is 27.9 Å². The topological polar surface area (TPSA) is 105 Å². The number of nitrogen functional groups attached to an aromatic ring is 1. The van der Waals surface area contributed by atoms with Crippen molar-refractivity contribution in [1.29, 1.82) is 0 Å². The quantitative estimate of drug-likeness (QED) is 0.293. The van der Waals surface area contributed by atoms with Crippen molar-refractivity contribution in [3.05, 3.63) is 66.2 Å². The van der Waals surface area contributed by atoms with Gasteiger partial charge in [-0.05, 0) is 69.4 Å². The van der Waals surface area contributed by atoms with E-state index in [4.69, 9.17) is 15.8 Å². The third-order valence-corrected chi connectivity index (χ3v) is 9.00. The van der Waals surface area contributed by atoms with E-state index in [-0.39, 0.29) is 0 Å². The molecule has 0 aliphatic carbocycles. The summed E-state index contributed by atoms with van der Waals surface area (Å²) in [5.74, 6) is 1.42. The van der Waals surface area contributed by atoms with Gasteiger partial charge in [-0.2, -0.15) is 5.10 Å². The van der Waals surface area contributed by atoms with E-state index < -0.39 is 0 Å². The van der Waals surface area contributed by atoms with E-state index in [1.54, 1.807) is 6.33 Å². The van der Waals surface area contributed by atoms with E-state index in [1.165, 1.54) is 44.5 Å². The van der Waals surface area contributed by atoms with E-state index in [0.717, 1.165) is 71.5 Å². The predicted octanol–water partition coefficient (Wildman–Crippen LogP) is 5.05. The summed E-state index contributed by atoms with van der Waals surface area (Å²) in [5, 5.41) is 6.00. The molecule has 0 atom stereocenters. The summed E-state index contributed by atoms with van der Waals surface area (Å²) in [5.41, 5.74) is 12.3. The second-order valence-corrected chi connectivity index (χ2v) is 11.7. The fourth-order valence-electron chi connectivity index (χ4n) is 6.85. The summed E-state index contributed by atoms with van der Waals surface area (Å²) in [6.45, 7) is 8.18. The van der Waals surface area contributed by atoms with Gasteiger partial charge < -0.3 is 20.5 Å². The Bertz CT molecular complexity index is 1620. The number of hydrogen-bond donors (Lipinski definition) is 2. The molecule has 5 heterocycles. The first-order valence-electron chi connectivity index (χ1n) is 15.1. The third-order valence-electron chi connectivity index (χ3n) is 9.00. The Morgan fingerprint density at radius 2 is 1.71 bits per heavy atom. The van der Waals surface area contributed by atoms with Crippen LogP contribution in [0.1, 0.15) is 56.5 Å². The maximum absolute atomic E-state index is 6.46. The van der Waals surface area contributed by atoms with E-state index >= 15 is 0 Å². The minimum Gasteiger partial charge on any atom is -0.383 e. The summed E-state index contributed by atoms with van der Waals surface area (Å²) in [7, 11) is 0. The number of hydrogen-bond acceptors (Lipinski definition) is 7. The molecular formula is C32H39N9. The van der Waals surface area contributed by atoms with Crippen LogP contribution >= 0.6 is 0 Å². The Morgan fingerprint density at radius 3 is 2.49 bits per heavy atom. The molecule has 41 heavy (non-hydrogen) atoms. The number of likely N-dealkylation sites (tertiary alicyclic amines) is 2. The largest absolute Gasteiger partial charge is 0.383 e. The Kier molecular flexibility index (Phi) is 7.14. The number of nitrogens with one attached hydrogen (secondary N) is 1. The highest BCUT2D eigenvalue weighted by molar-refractivity contribution is 5.99. The summed E-state index contributed by atoms with van der Waals surface area (Å²) in [4.78, 5) is 22.7. The number of nitrogens with two attached hydrogens (primary N) is 1. The number of fused-ring (bicyclic) bond motifs is 2. The van der Waals surface area contributed by atoms with E-state index in [0.29, 0.717) is 17.9 Å². The van der Waals surface area contributed by atoms with Crippen LogP contribution in [0.15, 0.2) is 54.9 Å². The number of benzene rings is 2. The average Bonchev–Trinajstić information content (AvgIpc) is 3.60. The predicted molar refractivity (Wildman–Crippen MR) is 164 cm³/mol. The third kappa shape index (κ3) is 5.20. The molecule has 9 heteroatoms. The Balaban J connectivity index is 1.13. The van der Waals surface area contributed by atoms with Crippen molar-refractivity contribution in [2.75, 3.05) is 38.5 Å². The van der Waals surface area contributed by atoms with Crippen LogP contribution in [0.2, 0.25) is 0 Å². The van der Waals surface area contributed by atoms with Gasteiger partial charge in [-0.3, -0.25) is 0 Å². The number of aromatic nitrogens is 6. The minimum atomic E-state index is 0.297. The SMILES string of the molecule is CCCN1CCC(N2CCC(n3nc(-c4ccc5nc(Cc6ccccc6)[nH]c5c4)c4c(N)ncnc43)CC2)CC1. The highest BCUT2D eigenvalue weighted by atomic mass is 15.3. The van der Waals surface area contributed by atoms with Gasteiger partial charge in [-0.1, -0.05) is 43.3 Å². The van der Waals surface area contributed by atoms with Gasteiger partial charge in [0.2, 0.25) is 0 Å². The fraction of sp³-hybridized carbons (Fsp3) is 0.438. The number of aromatic amines is 1. The zero-order chi connectivity index (χ0) is 27.8. The molecule has 2 aromatic carbocycles. The number of nitrogens with zero attached hydrogens (tertiary/aromatic N) is 7. The molecule has 0 saturated carbocycles. The molecule has 0 amide bonds. The lowest BCUT2D eigenvalue weighted by atomic mass is 9.98. The van der Waals surface area contributed by atoms with Gasteiger partial charge in [0.25, 0.3) is 0 Å². The van der Waals surface area contributed by atoms with Gasteiger partial charge >= 0.3 is 0 Å². The molecule has 3 N–H and O–H groups in total. The standard InChI is InChI=1S/C32H39N9/c1-2-14-39-15-10-24(11-16-39)40-17-12-25(13-18-40)41-32-29(31(33)34-21-35-32)30(38-41)23-8-9-26-27(20-23)37-28(36-26)19-22-6-4-3-5-7-22/h3-9,20-21,24-25H,2,10-19H2,1H3,(H,36,37)(H2,33,34,35). The molecular weight excluding hydrogens is 510 g/mol. The second kappa shape index (κ2) is 11.2. The van der Waals surface area contributed by atoms with Gasteiger partial charge in [-0.15, -0.1) is 0 Å². The highest BCUT2D eigenvalue weighted by Gasteiger charge is 2.30. The summed E-state index contributed by atoms with van der Waals surface area (Å²) < 4.78 is 2.13. The number of anilines is 1. The van der Waals surface area contributed by atoms with Crippen LogP contribution in [0.25, 0.3) is 33.3 Å². The van der Waals surface area contributed by atoms with Crippen LogP contribution < -0.4 is 5.73 Å². The van der Waals surface area contributed by atoms with E-state index in [9.17, 15) is 0 Å². The van der Waals surface area contributed by atoms with Crippen molar-refractivity contribution < 1.29 is 0 Å². The molecule has 0 radical (unpaired) electrons. The molecule has 2 aliphatic rings. The molecule has 2 aliphatic heterocycles. The van der Waals surface area contributed by atoms with Crippen molar-refractivity contribution in [3.8, 4) is 11.3 Å². The van der Waals surface area contributed by atoms with Crippen LogP contribution in [0.4, 0.5) is 5.82 Å². The molecule has 0 spiro atoms. The first-order valence-corrected chi connectivity index (χ1v) is 15.1. The first-order chi connectivity index (χ1) is 20.2. The summed E-state index contributed by atoms with van der Waals surface area (Å²) in [6.07, 6.45) is 8.27. The molecule has 3 aromatic heterocycles. The Hall–Kier alpha value is -3.82. The minimum absolute atomic E-state index is 0.297. The lowest BCUT2D eigenvalue weighted by Crippen LogP contribution is -2.48. The summed E-state index contributed by atoms with van der Waals surface area (Å²) >= 11 is 0. The molecule has 9 nitrogen and oxygen atoms in total. The smallest absolute Gasteiger partial charge is 0.164 e. The fourth-order valence-corrected chi connectivity index (χ4v) is 6.85. The van der Waals surface area contributed by atoms with Gasteiger partial charge in [-0.25, -0.2) is 19.6 Å². The van der Waals surface area contributed by atoms with Crippen LogP contribution in [0, 0.1) is 0 Å². The molecule has 5 aromatic rings. The van der Waals surface area contributed by atoms with Crippen LogP contribution in [-0.4, -0.2) is 78.3 Å². The number of imidazole rings is 1. The lowest BCUT2D eigenvalue weighted by Gasteiger charge is -2.41. The maximum atomic E-state index is 6.46. The van der Waals surface area contributed by atoms with Crippen LogP contribution in [0.3, 0.4) is 0 Å². The average molecular weight is 550 g/mol. The number of rotatable bonds is 7.